The first kappa shape index (κ1) is 39.5. The number of aromatic amines is 1. The average Bonchev–Trinajstić information content (AvgIpc) is 3.59. The average molecular weight is 844 g/mol. The second-order valence-electron chi connectivity index (χ2n) is 15.0. The molecule has 0 unspecified atom stereocenters. The van der Waals surface area contributed by atoms with Gasteiger partial charge in [-0.1, -0.05) is 23.3 Å². The van der Waals surface area contributed by atoms with Crippen LogP contribution in [0.3, 0.4) is 0 Å². The number of ether oxygens (including phenoxy) is 4. The molecule has 2 heterocycles. The van der Waals surface area contributed by atoms with Gasteiger partial charge in [-0.15, -0.1) is 0 Å². The molecule has 8 rings (SSSR count). The van der Waals surface area contributed by atoms with Crippen molar-refractivity contribution in [2.45, 2.75) is 45.3 Å². The van der Waals surface area contributed by atoms with Gasteiger partial charge in [0, 0.05) is 0 Å². The summed E-state index contributed by atoms with van der Waals surface area (Å²) in [5.74, 6) is 1.87. The van der Waals surface area contributed by atoms with Crippen LogP contribution in [-0.2, 0) is 4.74 Å². The van der Waals surface area contributed by atoms with Gasteiger partial charge in [0.15, 0.2) is 0 Å². The van der Waals surface area contributed by atoms with Crippen molar-refractivity contribution in [3.05, 3.63) is 218 Å². The van der Waals surface area contributed by atoms with Crippen molar-refractivity contribution >= 4 is 32.5 Å². The molecule has 1 N–H and O–H groups in total. The summed E-state index contributed by atoms with van der Waals surface area (Å²) in [4.78, 5) is 32.6. The topological polar surface area (TPSA) is 91.8 Å². The van der Waals surface area contributed by atoms with Crippen LogP contribution in [-0.4, -0.2) is 47.7 Å². The van der Waals surface area contributed by atoms with E-state index in [0.717, 1.165) is 16.7 Å². The van der Waals surface area contributed by atoms with Gasteiger partial charge in [0.2, 0.25) is 0 Å². The van der Waals surface area contributed by atoms with E-state index in [1.165, 1.54) is 17.8 Å². The van der Waals surface area contributed by atoms with E-state index in [4.69, 9.17) is 18.9 Å². The van der Waals surface area contributed by atoms with Crippen molar-refractivity contribution in [3.63, 3.8) is 0 Å². The third-order valence-corrected chi connectivity index (χ3v) is 20.0. The Bertz CT molecular complexity index is 2510. The predicted octanol–water partition coefficient (Wildman–Crippen LogP) is 7.06. The van der Waals surface area contributed by atoms with Gasteiger partial charge in [-0.2, -0.15) is 0 Å². The molecule has 0 bridgehead atoms. The number of H-pyrrole nitrogens is 1. The number of nitrogens with zero attached hydrogens (tertiary/aromatic N) is 1. The molecule has 59 heavy (non-hydrogen) atoms. The molecule has 1 aromatic heterocycles. The number of hydrogen-bond donors (Lipinski definition) is 1. The van der Waals surface area contributed by atoms with Crippen LogP contribution in [0.1, 0.15) is 28.5 Å². The van der Waals surface area contributed by atoms with Gasteiger partial charge in [-0.05, 0) is 20.8 Å². The molecule has 6 aromatic carbocycles. The van der Waals surface area contributed by atoms with Crippen molar-refractivity contribution in [2.75, 3.05) is 6.61 Å². The number of hydrogen-bond acceptors (Lipinski definition) is 6. The van der Waals surface area contributed by atoms with Crippen LogP contribution in [0, 0.1) is 20.8 Å². The van der Waals surface area contributed by atoms with Crippen LogP contribution in [0.2, 0.25) is 0 Å². The molecule has 1 aliphatic heterocycles. The first-order valence-electron chi connectivity index (χ1n) is 19.8. The summed E-state index contributed by atoms with van der Waals surface area (Å²) in [6.45, 7) is 6.15. The fourth-order valence-electron chi connectivity index (χ4n) is 7.61. The summed E-state index contributed by atoms with van der Waals surface area (Å²) in [6.07, 6.45) is 0.162. The van der Waals surface area contributed by atoms with E-state index < -0.39 is 49.1 Å². The van der Waals surface area contributed by atoms with Crippen LogP contribution in [0.15, 0.2) is 184 Å². The smallest absolute Gasteiger partial charge is 0.0556 e. The molecule has 4 atom stereocenters. The minimum Gasteiger partial charge on any atom is -0.0556 e. The number of aromatic nitrogens is 2. The van der Waals surface area contributed by atoms with Gasteiger partial charge in [-0.25, -0.2) is 0 Å². The van der Waals surface area contributed by atoms with E-state index in [1.54, 1.807) is 6.20 Å². The second-order valence-corrected chi connectivity index (χ2v) is 22.7. The Morgan fingerprint density at radius 3 is 1.51 bits per heavy atom. The molecule has 0 amide bonds. The van der Waals surface area contributed by atoms with Crippen LogP contribution in [0.4, 0.5) is 0 Å². The van der Waals surface area contributed by atoms with Crippen LogP contribution < -0.4 is 38.6 Å². The Kier molecular flexibility index (Phi) is 11.8. The Hall–Kier alpha value is -6.36. The zero-order valence-electron chi connectivity index (χ0n) is 33.2. The molecule has 0 spiro atoms. The van der Waals surface area contributed by atoms with E-state index in [2.05, 4.69) is 82.7 Å². The number of aryl methyl sites for hydroxylation is 3. The molecule has 0 radical (unpaired) electrons. The Balaban J connectivity index is 1.24. The maximum absolute atomic E-state index is 14.0. The van der Waals surface area contributed by atoms with Crippen molar-refractivity contribution in [3.8, 4) is 17.2 Å². The maximum atomic E-state index is 14.0. The second kappa shape index (κ2) is 17.6. The quantitative estimate of drug-likeness (QED) is 0.125. The zero-order valence-corrected chi connectivity index (χ0v) is 35.3. The van der Waals surface area contributed by atoms with Gasteiger partial charge in [0.05, 0.1) is 0 Å². The third-order valence-electron chi connectivity index (χ3n) is 10.8. The Morgan fingerprint density at radius 1 is 0.593 bits per heavy atom. The number of nitrogens with one attached hydrogen (secondary N) is 1. The van der Waals surface area contributed by atoms with E-state index in [0.29, 0.717) is 22.8 Å². The summed E-state index contributed by atoms with van der Waals surface area (Å²) in [5.41, 5.74) is 2.44. The normalized spacial score (nSPS) is 17.8. The van der Waals surface area contributed by atoms with Crippen molar-refractivity contribution in [2.24, 2.45) is 0 Å². The molecular formula is C50H46GeN2O6. The molecule has 296 valence electrons. The van der Waals surface area contributed by atoms with Gasteiger partial charge in [-0.3, -0.25) is 0 Å². The summed E-state index contributed by atoms with van der Waals surface area (Å²) in [6, 6.07) is 54.7. The molecule has 0 saturated carbocycles. The van der Waals surface area contributed by atoms with E-state index in [-0.39, 0.29) is 6.61 Å². The van der Waals surface area contributed by atoms with Gasteiger partial charge < -0.3 is 0 Å². The molecule has 1 aliphatic rings. The van der Waals surface area contributed by atoms with E-state index in [1.807, 2.05) is 118 Å². The fraction of sp³-hybridized carbons (Fsp3) is 0.160. The molecule has 8 nitrogen and oxygen atoms in total. The van der Waals surface area contributed by atoms with Gasteiger partial charge >= 0.3 is 304 Å². The summed E-state index contributed by atoms with van der Waals surface area (Å²) >= 11 is -3.63. The summed E-state index contributed by atoms with van der Waals surface area (Å²) in [7, 11) is 0. The Labute approximate surface area is 346 Å². The zero-order chi connectivity index (χ0) is 40.8. The minimum absolute atomic E-state index is 0.107. The van der Waals surface area contributed by atoms with Crippen molar-refractivity contribution < 1.29 is 18.9 Å². The summed E-state index contributed by atoms with van der Waals surface area (Å²) < 4.78 is 31.6. The SMILES string of the molecule is Cc1ccc(OC[C@H]2O[C@@H](n3cc(/C=[CH]/[Ge]([c]4ccccc4)([c]4ccccc4)[c]4ccccc4)c(=O)[nH]c3=O)[C@H](Oc3ccc(C)cc3)[C@@H]2Oc2ccc(C)cc2)cc1. The summed E-state index contributed by atoms with van der Waals surface area (Å²) in [5, 5.41) is 0. The monoisotopic (exact) mass is 844 g/mol. The van der Waals surface area contributed by atoms with Crippen LogP contribution in [0.5, 0.6) is 17.2 Å². The molecular weight excluding hydrogens is 797 g/mol. The van der Waals surface area contributed by atoms with E-state index >= 15 is 0 Å². The van der Waals surface area contributed by atoms with Gasteiger partial charge in [0.1, 0.15) is 0 Å². The molecule has 1 saturated heterocycles. The standard InChI is InChI=1S/C50H46GeN2O6/c1-35-19-25-42(26-20-35)56-34-45-46(57-43-27-21-36(2)22-28-43)47(58-44-29-23-37(3)24-30-44)49(59-45)53-33-38(48(54)52-50(53)55)31-32-51(39-13-7-4-8-14-39,40-15-9-5-10-16-40)41-17-11-6-12-18-41/h4-33,45-47,49H,34H2,1-3H3,(H,52,54,55)/b32-31+/t45-,46-,47-,49-/m1/s1. The number of benzene rings is 6. The predicted molar refractivity (Wildman–Crippen MR) is 236 cm³/mol. The Morgan fingerprint density at radius 2 is 1.03 bits per heavy atom. The third kappa shape index (κ3) is 8.74. The molecule has 1 fully saturated rings. The van der Waals surface area contributed by atoms with Crippen molar-refractivity contribution in [1.29, 1.82) is 0 Å². The minimum atomic E-state index is -3.63. The van der Waals surface area contributed by atoms with Crippen LogP contribution >= 0.6 is 0 Å². The molecule has 9 heteroatoms. The fourth-order valence-corrected chi connectivity index (χ4v) is 16.3. The molecule has 0 aliphatic carbocycles. The molecule has 7 aromatic rings. The van der Waals surface area contributed by atoms with E-state index in [9.17, 15) is 9.59 Å². The van der Waals surface area contributed by atoms with Crippen LogP contribution in [0.25, 0.3) is 6.08 Å². The number of rotatable bonds is 13. The first-order valence-corrected chi connectivity index (χ1v) is 24.2. The van der Waals surface area contributed by atoms with Gasteiger partial charge in [0.25, 0.3) is 0 Å². The first-order chi connectivity index (χ1) is 28.8. The van der Waals surface area contributed by atoms with Crippen molar-refractivity contribution in [1.82, 2.24) is 9.55 Å².